The number of nitrogens with one attached hydrogen (secondary N) is 1. The molecule has 0 spiro atoms. The predicted octanol–water partition coefficient (Wildman–Crippen LogP) is 2.49. The van der Waals surface area contributed by atoms with Crippen LogP contribution < -0.4 is 5.32 Å². The number of likely N-dealkylation sites (N-methyl/N-ethyl adjacent to an activating group) is 1. The Bertz CT molecular complexity index is 256. The van der Waals surface area contributed by atoms with Crippen molar-refractivity contribution < 1.29 is 0 Å². The zero-order valence-electron chi connectivity index (χ0n) is 9.34. The summed E-state index contributed by atoms with van der Waals surface area (Å²) < 4.78 is 0. The molecule has 0 unspecified atom stereocenters. The summed E-state index contributed by atoms with van der Waals surface area (Å²) in [4.78, 5) is 4.60. The fourth-order valence-electron chi connectivity index (χ4n) is 1.24. The highest BCUT2D eigenvalue weighted by atomic mass is 32.1. The highest BCUT2D eigenvalue weighted by Gasteiger charge is 2.02. The average molecular weight is 212 g/mol. The smallest absolute Gasteiger partial charge is 0.0928 e. The Morgan fingerprint density at radius 3 is 2.86 bits per heavy atom. The molecule has 3 heteroatoms. The van der Waals surface area contributed by atoms with Crippen molar-refractivity contribution in [1.29, 1.82) is 0 Å². The van der Waals surface area contributed by atoms with Gasteiger partial charge in [0.1, 0.15) is 0 Å². The second-order valence-electron chi connectivity index (χ2n) is 4.02. The van der Waals surface area contributed by atoms with Crippen molar-refractivity contribution >= 4 is 11.3 Å². The van der Waals surface area contributed by atoms with Gasteiger partial charge in [-0.1, -0.05) is 13.8 Å². The molecule has 0 aromatic carbocycles. The van der Waals surface area contributed by atoms with E-state index < -0.39 is 0 Å². The van der Waals surface area contributed by atoms with Crippen LogP contribution in [0.25, 0.3) is 0 Å². The molecule has 0 radical (unpaired) electrons. The van der Waals surface area contributed by atoms with Crippen LogP contribution in [-0.2, 0) is 12.8 Å². The maximum atomic E-state index is 4.60. The molecule has 1 aromatic heterocycles. The number of hydrogen-bond donors (Lipinski definition) is 1. The van der Waals surface area contributed by atoms with Gasteiger partial charge in [-0.15, -0.1) is 11.3 Å². The van der Waals surface area contributed by atoms with E-state index in [9.17, 15) is 0 Å². The molecule has 1 heterocycles. The van der Waals surface area contributed by atoms with Crippen LogP contribution in [0.4, 0.5) is 0 Å². The van der Waals surface area contributed by atoms with Crippen LogP contribution in [0.1, 0.15) is 31.0 Å². The van der Waals surface area contributed by atoms with Gasteiger partial charge < -0.3 is 5.32 Å². The molecule has 0 saturated heterocycles. The normalized spacial score (nSPS) is 11.1. The summed E-state index contributed by atoms with van der Waals surface area (Å²) >= 11 is 1.80. The van der Waals surface area contributed by atoms with Crippen molar-refractivity contribution in [2.45, 2.75) is 33.1 Å². The molecule has 0 atom stereocenters. The zero-order chi connectivity index (χ0) is 10.4. The van der Waals surface area contributed by atoms with E-state index in [1.165, 1.54) is 17.1 Å². The lowest BCUT2D eigenvalue weighted by molar-refractivity contribution is 0.585. The molecule has 0 saturated carbocycles. The lowest BCUT2D eigenvalue weighted by Crippen LogP contribution is -2.10. The quantitative estimate of drug-likeness (QED) is 0.783. The highest BCUT2D eigenvalue weighted by molar-refractivity contribution is 7.09. The van der Waals surface area contributed by atoms with Gasteiger partial charge in [0.15, 0.2) is 0 Å². The minimum absolute atomic E-state index is 0.777. The number of nitrogens with zero attached hydrogens (tertiary/aromatic N) is 1. The van der Waals surface area contributed by atoms with E-state index >= 15 is 0 Å². The van der Waals surface area contributed by atoms with E-state index in [1.807, 2.05) is 7.05 Å². The van der Waals surface area contributed by atoms with Gasteiger partial charge in [0.2, 0.25) is 0 Å². The van der Waals surface area contributed by atoms with Crippen LogP contribution in [0.15, 0.2) is 5.38 Å². The Labute approximate surface area is 90.8 Å². The summed E-state index contributed by atoms with van der Waals surface area (Å²) in [6.45, 7) is 5.54. The Hall–Kier alpha value is -0.410. The summed E-state index contributed by atoms with van der Waals surface area (Å²) in [6, 6.07) is 0. The van der Waals surface area contributed by atoms with Crippen LogP contribution in [0.3, 0.4) is 0 Å². The monoisotopic (exact) mass is 212 g/mol. The summed E-state index contributed by atoms with van der Waals surface area (Å²) in [5.41, 5.74) is 1.24. The van der Waals surface area contributed by atoms with Crippen molar-refractivity contribution in [3.05, 3.63) is 16.1 Å². The molecular formula is C11H20N2S. The van der Waals surface area contributed by atoms with Gasteiger partial charge in [-0.25, -0.2) is 4.98 Å². The summed E-state index contributed by atoms with van der Waals surface area (Å²) in [5.74, 6) is 0.777. The van der Waals surface area contributed by atoms with E-state index in [4.69, 9.17) is 0 Å². The number of rotatable bonds is 6. The maximum Gasteiger partial charge on any atom is 0.0928 e. The van der Waals surface area contributed by atoms with E-state index in [0.717, 1.165) is 25.3 Å². The molecule has 0 aliphatic rings. The first-order valence-electron chi connectivity index (χ1n) is 5.30. The fraction of sp³-hybridized carbons (Fsp3) is 0.727. The Morgan fingerprint density at radius 1 is 1.43 bits per heavy atom. The molecule has 0 amide bonds. The first-order valence-corrected chi connectivity index (χ1v) is 6.18. The third kappa shape index (κ3) is 4.20. The van der Waals surface area contributed by atoms with Gasteiger partial charge in [-0.3, -0.25) is 0 Å². The summed E-state index contributed by atoms with van der Waals surface area (Å²) in [5, 5.41) is 6.62. The number of hydrogen-bond acceptors (Lipinski definition) is 3. The maximum absolute atomic E-state index is 4.60. The first kappa shape index (κ1) is 11.7. The molecular weight excluding hydrogens is 192 g/mol. The van der Waals surface area contributed by atoms with Gasteiger partial charge in [0.05, 0.1) is 10.7 Å². The zero-order valence-corrected chi connectivity index (χ0v) is 10.2. The minimum atomic E-state index is 0.777. The van der Waals surface area contributed by atoms with Gasteiger partial charge in [-0.2, -0.15) is 0 Å². The largest absolute Gasteiger partial charge is 0.319 e. The second-order valence-corrected chi connectivity index (χ2v) is 4.96. The van der Waals surface area contributed by atoms with Crippen LogP contribution in [0.2, 0.25) is 0 Å². The van der Waals surface area contributed by atoms with Crippen LogP contribution in [0, 0.1) is 5.92 Å². The Balaban J connectivity index is 2.35. The van der Waals surface area contributed by atoms with Crippen molar-refractivity contribution in [3.63, 3.8) is 0 Å². The Kier molecular flexibility index (Phi) is 5.12. The van der Waals surface area contributed by atoms with Gasteiger partial charge in [0, 0.05) is 18.3 Å². The number of thiazole rings is 1. The number of aryl methyl sites for hydroxylation is 1. The van der Waals surface area contributed by atoms with Gasteiger partial charge in [0.25, 0.3) is 0 Å². The fourth-order valence-corrected chi connectivity index (χ4v) is 2.09. The third-order valence-electron chi connectivity index (χ3n) is 2.17. The molecule has 14 heavy (non-hydrogen) atoms. The average Bonchev–Trinajstić information content (AvgIpc) is 2.59. The van der Waals surface area contributed by atoms with Gasteiger partial charge >= 0.3 is 0 Å². The van der Waals surface area contributed by atoms with Crippen LogP contribution in [-0.4, -0.2) is 18.6 Å². The summed E-state index contributed by atoms with van der Waals surface area (Å²) in [6.07, 6.45) is 3.44. The molecule has 0 aliphatic carbocycles. The Morgan fingerprint density at radius 2 is 2.21 bits per heavy atom. The molecule has 2 nitrogen and oxygen atoms in total. The molecule has 0 bridgehead atoms. The van der Waals surface area contributed by atoms with Crippen molar-refractivity contribution in [2.75, 3.05) is 13.6 Å². The molecule has 1 rings (SSSR count). The van der Waals surface area contributed by atoms with E-state index in [1.54, 1.807) is 11.3 Å². The highest BCUT2D eigenvalue weighted by Crippen LogP contribution is 2.14. The summed E-state index contributed by atoms with van der Waals surface area (Å²) in [7, 11) is 1.98. The van der Waals surface area contributed by atoms with Crippen molar-refractivity contribution in [1.82, 2.24) is 10.3 Å². The van der Waals surface area contributed by atoms with Crippen LogP contribution in [0.5, 0.6) is 0 Å². The lowest BCUT2D eigenvalue weighted by Gasteiger charge is -2.00. The van der Waals surface area contributed by atoms with Gasteiger partial charge in [-0.05, 0) is 25.8 Å². The third-order valence-corrected chi connectivity index (χ3v) is 3.12. The molecule has 1 aromatic rings. The molecule has 80 valence electrons. The molecule has 1 N–H and O–H groups in total. The minimum Gasteiger partial charge on any atom is -0.319 e. The predicted molar refractivity (Wildman–Crippen MR) is 62.9 cm³/mol. The standard InChI is InChI=1S/C11H20N2S/c1-9(2)4-5-11-13-10(8-14-11)6-7-12-3/h8-9,12H,4-7H2,1-3H3. The molecule has 0 fully saturated rings. The number of aromatic nitrogens is 1. The second kappa shape index (κ2) is 6.14. The first-order chi connectivity index (χ1) is 6.72. The van der Waals surface area contributed by atoms with Crippen LogP contribution >= 0.6 is 11.3 Å². The van der Waals surface area contributed by atoms with Crippen molar-refractivity contribution in [3.8, 4) is 0 Å². The van der Waals surface area contributed by atoms with E-state index in [2.05, 4.69) is 29.5 Å². The van der Waals surface area contributed by atoms with Crippen molar-refractivity contribution in [2.24, 2.45) is 5.92 Å². The SMILES string of the molecule is CNCCc1csc(CCC(C)C)n1. The van der Waals surface area contributed by atoms with E-state index in [0.29, 0.717) is 0 Å². The molecule has 0 aliphatic heterocycles. The van der Waals surface area contributed by atoms with E-state index in [-0.39, 0.29) is 0 Å². The lowest BCUT2D eigenvalue weighted by atomic mass is 10.1. The topological polar surface area (TPSA) is 24.9 Å².